The maximum Gasteiger partial charge on any atom is 0.326 e. The number of hydrogen-bond acceptors (Lipinski definition) is 5. The van der Waals surface area contributed by atoms with Gasteiger partial charge in [0.25, 0.3) is 11.7 Å². The van der Waals surface area contributed by atoms with E-state index < -0.39 is 36.1 Å². The molecule has 7 nitrogen and oxygen atoms in total. The predicted octanol–water partition coefficient (Wildman–Crippen LogP) is 1.39. The number of halogens is 2. The van der Waals surface area contributed by atoms with E-state index in [4.69, 9.17) is 14.6 Å². The Morgan fingerprint density at radius 3 is 2.48 bits per heavy atom. The number of carbonyl (C=O) groups is 3. The molecule has 0 saturated heterocycles. The molecule has 1 rings (SSSR count). The van der Waals surface area contributed by atoms with Crippen molar-refractivity contribution >= 4 is 29.6 Å². The van der Waals surface area contributed by atoms with E-state index in [-0.39, 0.29) is 17.3 Å². The van der Waals surface area contributed by atoms with E-state index in [0.717, 1.165) is 0 Å². The van der Waals surface area contributed by atoms with Crippen LogP contribution in [0, 0.1) is 0 Å². The third-order valence-corrected chi connectivity index (χ3v) is 2.92. The first-order valence-electron chi connectivity index (χ1n) is 5.53. The van der Waals surface area contributed by atoms with E-state index in [1.807, 2.05) is 5.32 Å². The van der Waals surface area contributed by atoms with Crippen molar-refractivity contribution in [2.75, 3.05) is 0 Å². The molecule has 0 radical (unpaired) electrons. The summed E-state index contributed by atoms with van der Waals surface area (Å²) in [5, 5.41) is 19.3. The Hall–Kier alpha value is -2.10. The fourth-order valence-corrected chi connectivity index (χ4v) is 1.77. The fourth-order valence-electron chi connectivity index (χ4n) is 1.33. The first-order chi connectivity index (χ1) is 9.79. The number of amides is 1. The van der Waals surface area contributed by atoms with Crippen molar-refractivity contribution in [2.24, 2.45) is 0 Å². The lowest BCUT2D eigenvalue weighted by Crippen LogP contribution is -2.42. The van der Waals surface area contributed by atoms with Crippen molar-refractivity contribution in [3.05, 3.63) is 23.7 Å². The molecule has 0 bridgehead atoms. The number of carboxylic acid groups (broad SMARTS) is 2. The summed E-state index contributed by atoms with van der Waals surface area (Å²) in [5.74, 6) is -6.73. The Morgan fingerprint density at radius 2 is 1.95 bits per heavy atom. The first kappa shape index (κ1) is 17.0. The smallest absolute Gasteiger partial charge is 0.326 e. The Kier molecular flexibility index (Phi) is 6.15. The number of thioether (sulfide) groups is 1. The van der Waals surface area contributed by atoms with Crippen molar-refractivity contribution in [2.45, 2.75) is 24.0 Å². The SMILES string of the molecule is O=C(O)CC(NC(=O)c1ccc(CSC(F)F)o1)C(=O)O. The zero-order valence-corrected chi connectivity index (χ0v) is 11.2. The predicted molar refractivity (Wildman–Crippen MR) is 67.1 cm³/mol. The molecule has 0 fully saturated rings. The minimum absolute atomic E-state index is 0.121. The maximum absolute atomic E-state index is 12.0. The Labute approximate surface area is 121 Å². The van der Waals surface area contributed by atoms with Gasteiger partial charge in [0, 0.05) is 0 Å². The molecule has 1 aromatic rings. The quantitative estimate of drug-likeness (QED) is 0.662. The van der Waals surface area contributed by atoms with Crippen molar-refractivity contribution in [1.82, 2.24) is 5.32 Å². The summed E-state index contributed by atoms with van der Waals surface area (Å²) in [6.07, 6.45) is -0.796. The minimum atomic E-state index is -2.58. The third-order valence-electron chi connectivity index (χ3n) is 2.22. The van der Waals surface area contributed by atoms with Crippen LogP contribution in [0.1, 0.15) is 22.7 Å². The maximum atomic E-state index is 12.0. The van der Waals surface area contributed by atoms with Gasteiger partial charge in [-0.05, 0) is 12.1 Å². The van der Waals surface area contributed by atoms with Gasteiger partial charge < -0.3 is 19.9 Å². The molecule has 1 amide bonds. The van der Waals surface area contributed by atoms with Crippen LogP contribution in [0.5, 0.6) is 0 Å². The molecule has 1 atom stereocenters. The summed E-state index contributed by atoms with van der Waals surface area (Å²) in [4.78, 5) is 32.9. The van der Waals surface area contributed by atoms with Crippen LogP contribution < -0.4 is 5.32 Å². The lowest BCUT2D eigenvalue weighted by Gasteiger charge is -2.10. The summed E-state index contributed by atoms with van der Waals surface area (Å²) in [6, 6.07) is 0.882. The first-order valence-corrected chi connectivity index (χ1v) is 6.58. The lowest BCUT2D eigenvalue weighted by molar-refractivity contribution is -0.145. The van der Waals surface area contributed by atoms with Gasteiger partial charge >= 0.3 is 11.9 Å². The highest BCUT2D eigenvalue weighted by molar-refractivity contribution is 7.98. The van der Waals surface area contributed by atoms with Gasteiger partial charge in [0.2, 0.25) is 0 Å². The number of furan rings is 1. The molecule has 116 valence electrons. The molecule has 0 aromatic carbocycles. The lowest BCUT2D eigenvalue weighted by atomic mass is 10.2. The van der Waals surface area contributed by atoms with Crippen molar-refractivity contribution in [3.8, 4) is 0 Å². The fraction of sp³-hybridized carbons (Fsp3) is 0.364. The second kappa shape index (κ2) is 7.62. The number of aliphatic carboxylic acids is 2. The summed E-state index contributed by atoms with van der Waals surface area (Å²) in [5.41, 5.74) is 0. The second-order valence-electron chi connectivity index (χ2n) is 3.80. The molecule has 1 aromatic heterocycles. The van der Waals surface area contributed by atoms with E-state index in [9.17, 15) is 23.2 Å². The topological polar surface area (TPSA) is 117 Å². The Balaban J connectivity index is 2.65. The molecule has 0 saturated carbocycles. The number of nitrogens with one attached hydrogen (secondary N) is 1. The molecule has 0 aliphatic carbocycles. The normalized spacial score (nSPS) is 12.1. The molecule has 1 heterocycles. The van der Waals surface area contributed by atoms with Gasteiger partial charge in [-0.1, -0.05) is 11.8 Å². The van der Waals surface area contributed by atoms with Crippen molar-refractivity contribution < 1.29 is 37.8 Å². The Morgan fingerprint density at radius 1 is 1.29 bits per heavy atom. The van der Waals surface area contributed by atoms with Crippen molar-refractivity contribution in [3.63, 3.8) is 0 Å². The molecule has 0 aliphatic rings. The molecular weight excluding hydrogens is 312 g/mol. The second-order valence-corrected chi connectivity index (χ2v) is 4.78. The number of carboxylic acids is 2. The van der Waals surface area contributed by atoms with Crippen molar-refractivity contribution in [1.29, 1.82) is 0 Å². The number of rotatable bonds is 8. The molecule has 0 spiro atoms. The van der Waals surface area contributed by atoms with Gasteiger partial charge in [0.05, 0.1) is 12.2 Å². The zero-order chi connectivity index (χ0) is 16.0. The summed E-state index contributed by atoms with van der Waals surface area (Å²) in [7, 11) is 0. The van der Waals surface area contributed by atoms with Gasteiger partial charge in [0.15, 0.2) is 5.76 Å². The number of hydrogen-bond donors (Lipinski definition) is 3. The average Bonchev–Trinajstić information content (AvgIpc) is 2.83. The monoisotopic (exact) mass is 323 g/mol. The minimum Gasteiger partial charge on any atom is -0.481 e. The zero-order valence-electron chi connectivity index (χ0n) is 10.4. The van der Waals surface area contributed by atoms with Gasteiger partial charge in [-0.15, -0.1) is 0 Å². The van der Waals surface area contributed by atoms with Crippen LogP contribution in [0.2, 0.25) is 0 Å². The highest BCUT2D eigenvalue weighted by Crippen LogP contribution is 2.21. The van der Waals surface area contributed by atoms with E-state index in [1.165, 1.54) is 12.1 Å². The third kappa shape index (κ3) is 5.81. The Bertz CT molecular complexity index is 533. The molecule has 3 N–H and O–H groups in total. The summed E-state index contributed by atoms with van der Waals surface area (Å²) < 4.78 is 29.0. The van der Waals surface area contributed by atoms with E-state index in [1.54, 1.807) is 0 Å². The van der Waals surface area contributed by atoms with Crippen LogP contribution >= 0.6 is 11.8 Å². The standard InChI is InChI=1S/C11H11F2NO6S/c12-11(13)21-4-5-1-2-7(20-5)9(17)14-6(10(18)19)3-8(15)16/h1-2,6,11H,3-4H2,(H,14,17)(H,15,16)(H,18,19). The van der Waals surface area contributed by atoms with Crippen LogP contribution in [0.25, 0.3) is 0 Å². The van der Waals surface area contributed by atoms with Crippen LogP contribution in [0.15, 0.2) is 16.5 Å². The number of carbonyl (C=O) groups excluding carboxylic acids is 1. The number of alkyl halides is 2. The highest BCUT2D eigenvalue weighted by atomic mass is 32.2. The van der Waals surface area contributed by atoms with E-state index in [0.29, 0.717) is 11.8 Å². The summed E-state index contributed by atoms with van der Waals surface area (Å²) in [6.45, 7) is 0. The summed E-state index contributed by atoms with van der Waals surface area (Å²) >= 11 is 0.306. The van der Waals surface area contributed by atoms with Crippen LogP contribution in [-0.4, -0.2) is 39.9 Å². The van der Waals surface area contributed by atoms with Crippen LogP contribution in [0.4, 0.5) is 8.78 Å². The molecule has 1 unspecified atom stereocenters. The highest BCUT2D eigenvalue weighted by Gasteiger charge is 2.24. The molecular formula is C11H11F2NO6S. The van der Waals surface area contributed by atoms with E-state index in [2.05, 4.69) is 0 Å². The van der Waals surface area contributed by atoms with Crippen LogP contribution in [0.3, 0.4) is 0 Å². The van der Waals surface area contributed by atoms with Gasteiger partial charge in [-0.2, -0.15) is 8.78 Å². The van der Waals surface area contributed by atoms with Gasteiger partial charge in [-0.3, -0.25) is 9.59 Å². The van der Waals surface area contributed by atoms with Gasteiger partial charge in [0.1, 0.15) is 11.8 Å². The van der Waals surface area contributed by atoms with Gasteiger partial charge in [-0.25, -0.2) is 4.79 Å². The largest absolute Gasteiger partial charge is 0.481 e. The molecule has 10 heteroatoms. The van der Waals surface area contributed by atoms with E-state index >= 15 is 0 Å². The molecule has 21 heavy (non-hydrogen) atoms. The average molecular weight is 323 g/mol. The van der Waals surface area contributed by atoms with Crippen LogP contribution in [-0.2, 0) is 15.3 Å². The molecule has 0 aliphatic heterocycles.